The molecule has 1 aromatic heterocycles. The molecule has 0 amide bonds. The summed E-state index contributed by atoms with van der Waals surface area (Å²) in [5, 5.41) is 13.7. The zero-order valence-corrected chi connectivity index (χ0v) is 16.5. The van der Waals surface area contributed by atoms with Crippen molar-refractivity contribution in [3.05, 3.63) is 17.5 Å². The highest BCUT2D eigenvalue weighted by molar-refractivity contribution is 5.19. The summed E-state index contributed by atoms with van der Waals surface area (Å²) in [6, 6.07) is 2.02. The van der Waals surface area contributed by atoms with Crippen molar-refractivity contribution in [1.82, 2.24) is 5.16 Å². The lowest BCUT2D eigenvalue weighted by Gasteiger charge is -2.56. The first-order valence-corrected chi connectivity index (χ1v) is 11.2. The van der Waals surface area contributed by atoms with Crippen LogP contribution in [-0.4, -0.2) is 10.3 Å². The quantitative estimate of drug-likeness (QED) is 0.756. The minimum atomic E-state index is -0.0357. The summed E-state index contributed by atoms with van der Waals surface area (Å²) < 4.78 is 5.34. The van der Waals surface area contributed by atoms with E-state index in [4.69, 9.17) is 4.52 Å². The van der Waals surface area contributed by atoms with E-state index in [1.807, 2.05) is 6.07 Å². The molecule has 4 aliphatic rings. The largest absolute Gasteiger partial charge is 0.388 e. The highest BCUT2D eigenvalue weighted by atomic mass is 16.5. The summed E-state index contributed by atoms with van der Waals surface area (Å²) in [7, 11) is 0. The van der Waals surface area contributed by atoms with Gasteiger partial charge in [0, 0.05) is 12.0 Å². The SMILES string of the molecule is CC1CCC2C(CCC3C2CCC2(C)C(c4cc(CO)on4)CCC32)C1. The molecule has 8 unspecified atom stereocenters. The van der Waals surface area contributed by atoms with Crippen LogP contribution in [0.4, 0.5) is 0 Å². The number of aliphatic hydroxyl groups excluding tert-OH is 1. The van der Waals surface area contributed by atoms with Crippen molar-refractivity contribution >= 4 is 0 Å². The topological polar surface area (TPSA) is 46.3 Å². The van der Waals surface area contributed by atoms with Crippen LogP contribution in [0.3, 0.4) is 0 Å². The van der Waals surface area contributed by atoms with Crippen LogP contribution in [0.15, 0.2) is 10.6 Å². The third-order valence-electron chi connectivity index (χ3n) is 9.31. The lowest BCUT2D eigenvalue weighted by Crippen LogP contribution is -2.48. The van der Waals surface area contributed by atoms with Gasteiger partial charge in [0.1, 0.15) is 6.61 Å². The maximum atomic E-state index is 9.34. The van der Waals surface area contributed by atoms with E-state index in [0.717, 1.165) is 41.2 Å². The van der Waals surface area contributed by atoms with Crippen LogP contribution < -0.4 is 0 Å². The first kappa shape index (κ1) is 17.3. The number of aliphatic hydroxyl groups is 1. The third-order valence-corrected chi connectivity index (χ3v) is 9.31. The lowest BCUT2D eigenvalue weighted by molar-refractivity contribution is -0.0599. The summed E-state index contributed by atoms with van der Waals surface area (Å²) >= 11 is 0. The van der Waals surface area contributed by atoms with Crippen LogP contribution in [0.1, 0.15) is 89.0 Å². The molecule has 4 saturated carbocycles. The Kier molecular flexibility index (Phi) is 4.23. The number of aromatic nitrogens is 1. The highest BCUT2D eigenvalue weighted by Crippen LogP contribution is 2.66. The molecule has 26 heavy (non-hydrogen) atoms. The highest BCUT2D eigenvalue weighted by Gasteiger charge is 2.57. The smallest absolute Gasteiger partial charge is 0.162 e. The summed E-state index contributed by atoms with van der Waals surface area (Å²) in [6.45, 7) is 4.99. The van der Waals surface area contributed by atoms with E-state index < -0.39 is 0 Å². The van der Waals surface area contributed by atoms with E-state index >= 15 is 0 Å². The zero-order valence-electron chi connectivity index (χ0n) is 16.5. The van der Waals surface area contributed by atoms with Crippen molar-refractivity contribution < 1.29 is 9.63 Å². The van der Waals surface area contributed by atoms with Crippen LogP contribution in [0, 0.1) is 40.9 Å². The van der Waals surface area contributed by atoms with Crippen molar-refractivity contribution in [2.75, 3.05) is 0 Å². The number of fused-ring (bicyclic) bond motifs is 5. The summed E-state index contributed by atoms with van der Waals surface area (Å²) in [5.74, 6) is 7.01. The van der Waals surface area contributed by atoms with Crippen molar-refractivity contribution in [2.45, 2.75) is 84.2 Å². The fourth-order valence-corrected chi connectivity index (χ4v) is 8.14. The van der Waals surface area contributed by atoms with Crippen LogP contribution >= 0.6 is 0 Å². The van der Waals surface area contributed by atoms with Gasteiger partial charge in [-0.05, 0) is 92.3 Å². The molecule has 8 atom stereocenters. The molecule has 1 N–H and O–H groups in total. The van der Waals surface area contributed by atoms with Crippen molar-refractivity contribution in [1.29, 1.82) is 0 Å². The van der Waals surface area contributed by atoms with Crippen LogP contribution in [0.2, 0.25) is 0 Å². The standard InChI is InChI=1S/C23H35NO2/c1-14-3-5-17-15(11-14)4-6-19-18(17)9-10-23(2)20(19)7-8-21(23)22-12-16(13-25)26-24-22/h12,14-15,17-21,25H,3-11,13H2,1-2H3. The van der Waals surface area contributed by atoms with Crippen molar-refractivity contribution in [2.24, 2.45) is 40.9 Å². The van der Waals surface area contributed by atoms with E-state index in [-0.39, 0.29) is 6.61 Å². The molecule has 4 aliphatic carbocycles. The average Bonchev–Trinajstić information content (AvgIpc) is 3.24. The molecule has 0 aliphatic heterocycles. The Hall–Kier alpha value is -0.830. The molecule has 0 bridgehead atoms. The van der Waals surface area contributed by atoms with Gasteiger partial charge in [0.25, 0.3) is 0 Å². The predicted molar refractivity (Wildman–Crippen MR) is 101 cm³/mol. The number of hydrogen-bond acceptors (Lipinski definition) is 3. The van der Waals surface area contributed by atoms with Gasteiger partial charge in [-0.25, -0.2) is 0 Å². The molecule has 144 valence electrons. The molecule has 0 aromatic carbocycles. The van der Waals surface area contributed by atoms with Crippen LogP contribution in [0.25, 0.3) is 0 Å². The Labute approximate surface area is 157 Å². The molecule has 0 saturated heterocycles. The molecule has 4 fully saturated rings. The molecular weight excluding hydrogens is 322 g/mol. The minimum absolute atomic E-state index is 0.0357. The molecule has 1 aromatic rings. The molecule has 0 spiro atoms. The summed E-state index contributed by atoms with van der Waals surface area (Å²) in [5.41, 5.74) is 1.50. The van der Waals surface area contributed by atoms with Gasteiger partial charge in [-0.3, -0.25) is 0 Å². The van der Waals surface area contributed by atoms with Crippen LogP contribution in [-0.2, 0) is 6.61 Å². The van der Waals surface area contributed by atoms with Gasteiger partial charge in [-0.2, -0.15) is 0 Å². The van der Waals surface area contributed by atoms with Crippen molar-refractivity contribution in [3.8, 4) is 0 Å². The van der Waals surface area contributed by atoms with Crippen molar-refractivity contribution in [3.63, 3.8) is 0 Å². The molecular formula is C23H35NO2. The van der Waals surface area contributed by atoms with Gasteiger partial charge < -0.3 is 9.63 Å². The minimum Gasteiger partial charge on any atom is -0.388 e. The van der Waals surface area contributed by atoms with Gasteiger partial charge >= 0.3 is 0 Å². The molecule has 3 heteroatoms. The number of nitrogens with zero attached hydrogens (tertiary/aromatic N) is 1. The monoisotopic (exact) mass is 357 g/mol. The van der Waals surface area contributed by atoms with Gasteiger partial charge in [0.2, 0.25) is 0 Å². The Morgan fingerprint density at radius 3 is 2.73 bits per heavy atom. The number of rotatable bonds is 2. The average molecular weight is 358 g/mol. The number of hydrogen-bond donors (Lipinski definition) is 1. The second kappa shape index (κ2) is 6.36. The first-order valence-electron chi connectivity index (χ1n) is 11.2. The van der Waals surface area contributed by atoms with E-state index in [9.17, 15) is 5.11 Å². The van der Waals surface area contributed by atoms with Crippen LogP contribution in [0.5, 0.6) is 0 Å². The Balaban J connectivity index is 1.38. The fourth-order valence-electron chi connectivity index (χ4n) is 8.14. The lowest BCUT2D eigenvalue weighted by atomic mass is 9.49. The zero-order chi connectivity index (χ0) is 17.9. The van der Waals surface area contributed by atoms with E-state index in [1.54, 1.807) is 0 Å². The van der Waals surface area contributed by atoms with Gasteiger partial charge in [-0.15, -0.1) is 0 Å². The normalized spacial score (nSPS) is 47.9. The molecule has 1 heterocycles. The first-order chi connectivity index (χ1) is 12.6. The molecule has 5 rings (SSSR count). The maximum Gasteiger partial charge on any atom is 0.162 e. The maximum absolute atomic E-state index is 9.34. The van der Waals surface area contributed by atoms with Gasteiger partial charge in [-0.1, -0.05) is 25.4 Å². The summed E-state index contributed by atoms with van der Waals surface area (Å²) in [6.07, 6.45) is 12.9. The van der Waals surface area contributed by atoms with E-state index in [2.05, 4.69) is 19.0 Å². The van der Waals surface area contributed by atoms with Gasteiger partial charge in [0.05, 0.1) is 5.69 Å². The van der Waals surface area contributed by atoms with E-state index in [0.29, 0.717) is 17.1 Å². The Morgan fingerprint density at radius 2 is 1.92 bits per heavy atom. The Morgan fingerprint density at radius 1 is 1.08 bits per heavy atom. The summed E-state index contributed by atoms with van der Waals surface area (Å²) in [4.78, 5) is 0. The molecule has 3 nitrogen and oxygen atoms in total. The second-order valence-corrected chi connectivity index (χ2v) is 10.4. The van der Waals surface area contributed by atoms with Gasteiger partial charge in [0.15, 0.2) is 5.76 Å². The Bertz CT molecular complexity index is 654. The second-order valence-electron chi connectivity index (χ2n) is 10.4. The third kappa shape index (κ3) is 2.52. The fraction of sp³-hybridized carbons (Fsp3) is 0.870. The molecule has 0 radical (unpaired) electrons. The predicted octanol–water partition coefficient (Wildman–Crippen LogP) is 5.54. The van der Waals surface area contributed by atoms with E-state index in [1.165, 1.54) is 57.8 Å².